The number of hydrogen-bond acceptors (Lipinski definition) is 3. The van der Waals surface area contributed by atoms with E-state index in [1.165, 1.54) is 6.07 Å². The van der Waals surface area contributed by atoms with Gasteiger partial charge in [0, 0.05) is 5.56 Å². The SMILES string of the molecule is COc1ccc(/C=C/c2cc(-c3ccccc3)[o+]c([N+](=O)[O-])c2)cc1. The van der Waals surface area contributed by atoms with Crippen LogP contribution in [0.15, 0.2) is 71.1 Å². The van der Waals surface area contributed by atoms with Crippen molar-refractivity contribution < 1.29 is 14.1 Å². The van der Waals surface area contributed by atoms with E-state index in [0.29, 0.717) is 11.3 Å². The molecule has 0 aliphatic rings. The second kappa shape index (κ2) is 7.40. The number of hydrogen-bond donors (Lipinski definition) is 0. The molecule has 0 atom stereocenters. The Morgan fingerprint density at radius 2 is 1.64 bits per heavy atom. The van der Waals surface area contributed by atoms with Crippen molar-refractivity contribution in [2.24, 2.45) is 0 Å². The van der Waals surface area contributed by atoms with Crippen LogP contribution in [0, 0.1) is 10.1 Å². The number of benzene rings is 2. The van der Waals surface area contributed by atoms with Crippen LogP contribution in [0.2, 0.25) is 0 Å². The van der Waals surface area contributed by atoms with Gasteiger partial charge >= 0.3 is 11.6 Å². The van der Waals surface area contributed by atoms with Crippen LogP contribution in [-0.4, -0.2) is 12.0 Å². The summed E-state index contributed by atoms with van der Waals surface area (Å²) in [6, 6.07) is 20.0. The number of methoxy groups -OCH3 is 1. The van der Waals surface area contributed by atoms with E-state index in [1.807, 2.05) is 66.7 Å². The van der Waals surface area contributed by atoms with Gasteiger partial charge in [0.15, 0.2) is 4.92 Å². The normalized spacial score (nSPS) is 10.8. The van der Waals surface area contributed by atoms with Gasteiger partial charge in [-0.05, 0) is 29.8 Å². The first-order chi connectivity index (χ1) is 12.2. The number of rotatable bonds is 5. The Morgan fingerprint density at radius 1 is 0.960 bits per heavy atom. The average molecular weight is 334 g/mol. The Morgan fingerprint density at radius 3 is 2.28 bits per heavy atom. The highest BCUT2D eigenvalue weighted by Gasteiger charge is 2.26. The van der Waals surface area contributed by atoms with Crippen molar-refractivity contribution in [3.8, 4) is 17.1 Å². The molecule has 3 aromatic rings. The third-order valence-electron chi connectivity index (χ3n) is 3.62. The lowest BCUT2D eigenvalue weighted by Gasteiger charge is -1.99. The van der Waals surface area contributed by atoms with Gasteiger partial charge in [-0.1, -0.05) is 42.5 Å². The molecule has 0 aliphatic heterocycles. The molecule has 124 valence electrons. The second-order valence-corrected chi connectivity index (χ2v) is 5.32. The molecule has 2 aromatic carbocycles. The Bertz CT molecular complexity index is 903. The molecule has 0 unspecified atom stereocenters. The van der Waals surface area contributed by atoms with Crippen LogP contribution in [0.1, 0.15) is 11.1 Å². The zero-order valence-corrected chi connectivity index (χ0v) is 13.6. The van der Waals surface area contributed by atoms with Crippen LogP contribution < -0.4 is 4.74 Å². The summed E-state index contributed by atoms with van der Waals surface area (Å²) in [5.74, 6) is 0.928. The van der Waals surface area contributed by atoms with Crippen molar-refractivity contribution >= 4 is 18.0 Å². The van der Waals surface area contributed by atoms with Crippen LogP contribution in [0.3, 0.4) is 0 Å². The van der Waals surface area contributed by atoms with Gasteiger partial charge in [-0.2, -0.15) is 0 Å². The molecular formula is C20H16NO4+. The molecule has 0 bridgehead atoms. The van der Waals surface area contributed by atoms with Crippen molar-refractivity contribution in [3.05, 3.63) is 88.0 Å². The first-order valence-corrected chi connectivity index (χ1v) is 7.66. The van der Waals surface area contributed by atoms with Crippen molar-refractivity contribution in [1.82, 2.24) is 0 Å². The van der Waals surface area contributed by atoms with Crippen molar-refractivity contribution in [2.75, 3.05) is 7.11 Å². The smallest absolute Gasteiger partial charge is 0.497 e. The van der Waals surface area contributed by atoms with Gasteiger partial charge in [-0.3, -0.25) is 10.1 Å². The van der Waals surface area contributed by atoms with Crippen LogP contribution in [-0.2, 0) is 0 Å². The molecule has 0 fully saturated rings. The lowest BCUT2D eigenvalue weighted by molar-refractivity contribution is -0.402. The van der Waals surface area contributed by atoms with Crippen molar-refractivity contribution in [3.63, 3.8) is 0 Å². The fourth-order valence-corrected chi connectivity index (χ4v) is 2.35. The summed E-state index contributed by atoms with van der Waals surface area (Å²) >= 11 is 0. The fraction of sp³-hybridized carbons (Fsp3) is 0.0500. The zero-order chi connectivity index (χ0) is 17.6. The van der Waals surface area contributed by atoms with E-state index in [-0.39, 0.29) is 5.88 Å². The lowest BCUT2D eigenvalue weighted by Crippen LogP contribution is -1.90. The average Bonchev–Trinajstić information content (AvgIpc) is 2.67. The van der Waals surface area contributed by atoms with Gasteiger partial charge in [0.1, 0.15) is 11.8 Å². The minimum absolute atomic E-state index is 0.296. The summed E-state index contributed by atoms with van der Waals surface area (Å²) in [5.41, 5.74) is 2.43. The first kappa shape index (κ1) is 16.4. The maximum Gasteiger partial charge on any atom is 0.651 e. The molecule has 0 amide bonds. The molecule has 1 aromatic heterocycles. The highest BCUT2D eigenvalue weighted by atomic mass is 16.6. The molecule has 0 N–H and O–H groups in total. The van der Waals surface area contributed by atoms with Crippen LogP contribution in [0.5, 0.6) is 5.75 Å². The molecule has 5 nitrogen and oxygen atoms in total. The topological polar surface area (TPSA) is 63.7 Å². The molecule has 1 heterocycles. The van der Waals surface area contributed by atoms with E-state index in [1.54, 1.807) is 13.2 Å². The maximum atomic E-state index is 11.2. The minimum Gasteiger partial charge on any atom is -0.497 e. The fourth-order valence-electron chi connectivity index (χ4n) is 2.35. The van der Waals surface area contributed by atoms with Gasteiger partial charge in [0.2, 0.25) is 0 Å². The molecule has 25 heavy (non-hydrogen) atoms. The van der Waals surface area contributed by atoms with E-state index in [0.717, 1.165) is 16.9 Å². The number of nitro groups is 1. The summed E-state index contributed by atoms with van der Waals surface area (Å²) in [6.45, 7) is 0. The quantitative estimate of drug-likeness (QED) is 0.360. The molecule has 0 radical (unpaired) electrons. The molecule has 3 rings (SSSR count). The highest BCUT2D eigenvalue weighted by molar-refractivity contribution is 5.72. The van der Waals surface area contributed by atoms with E-state index in [2.05, 4.69) is 0 Å². The predicted octanol–water partition coefficient (Wildman–Crippen LogP) is 5.31. The standard InChI is InChI=1S/C20H16NO4/c1-24-18-11-9-15(10-12-18)7-8-16-13-19(17-5-3-2-4-6-17)25-20(14-16)21(22)23/h2-14H,1H3/q+1/b8-7+. The molecule has 0 saturated heterocycles. The second-order valence-electron chi connectivity index (χ2n) is 5.32. The van der Waals surface area contributed by atoms with E-state index < -0.39 is 4.92 Å². The Balaban J connectivity index is 1.95. The van der Waals surface area contributed by atoms with Crippen LogP contribution >= 0.6 is 0 Å². The van der Waals surface area contributed by atoms with E-state index in [4.69, 9.17) is 9.15 Å². The summed E-state index contributed by atoms with van der Waals surface area (Å²) < 4.78 is 10.5. The largest absolute Gasteiger partial charge is 0.651 e. The van der Waals surface area contributed by atoms with Crippen LogP contribution in [0.4, 0.5) is 5.88 Å². The zero-order valence-electron chi connectivity index (χ0n) is 13.6. The summed E-state index contributed by atoms with van der Waals surface area (Å²) in [5, 5.41) is 11.2. The molecule has 0 aliphatic carbocycles. The maximum absolute atomic E-state index is 11.2. The Labute approximate surface area is 145 Å². The van der Waals surface area contributed by atoms with Gasteiger partial charge < -0.3 is 4.74 Å². The van der Waals surface area contributed by atoms with Crippen molar-refractivity contribution in [2.45, 2.75) is 0 Å². The minimum atomic E-state index is -0.531. The van der Waals surface area contributed by atoms with Crippen molar-refractivity contribution in [1.29, 1.82) is 0 Å². The molecule has 5 heteroatoms. The summed E-state index contributed by atoms with van der Waals surface area (Å²) in [7, 11) is 1.61. The van der Waals surface area contributed by atoms with E-state index >= 15 is 0 Å². The molecule has 0 saturated carbocycles. The number of ether oxygens (including phenoxy) is 1. The monoisotopic (exact) mass is 334 g/mol. The van der Waals surface area contributed by atoms with E-state index in [9.17, 15) is 10.1 Å². The first-order valence-electron chi connectivity index (χ1n) is 7.66. The third-order valence-corrected chi connectivity index (χ3v) is 3.62. The molecule has 0 spiro atoms. The predicted molar refractivity (Wildman–Crippen MR) is 97.1 cm³/mol. The Hall–Kier alpha value is -3.47. The molecular weight excluding hydrogens is 318 g/mol. The van der Waals surface area contributed by atoms with Gasteiger partial charge in [0.25, 0.3) is 0 Å². The third kappa shape index (κ3) is 4.09. The van der Waals surface area contributed by atoms with Crippen LogP contribution in [0.25, 0.3) is 23.5 Å². The summed E-state index contributed by atoms with van der Waals surface area (Å²) in [4.78, 5) is 10.6. The highest BCUT2D eigenvalue weighted by Crippen LogP contribution is 2.27. The van der Waals surface area contributed by atoms with Gasteiger partial charge in [-0.25, -0.2) is 0 Å². The van der Waals surface area contributed by atoms with Gasteiger partial charge in [0.05, 0.1) is 18.7 Å². The Kier molecular flexibility index (Phi) is 4.85. The summed E-state index contributed by atoms with van der Waals surface area (Å²) in [6.07, 6.45) is 3.70. The number of nitrogens with zero attached hydrogens (tertiary/aromatic N) is 1. The lowest BCUT2D eigenvalue weighted by atomic mass is 10.1. The van der Waals surface area contributed by atoms with Gasteiger partial charge in [-0.15, -0.1) is 4.42 Å².